The average Bonchev–Trinajstić information content (AvgIpc) is 2.49. The quantitative estimate of drug-likeness (QED) is 0.600. The van der Waals surface area contributed by atoms with Crippen molar-refractivity contribution in [3.8, 4) is 22.3 Å². The summed E-state index contributed by atoms with van der Waals surface area (Å²) in [5.41, 5.74) is 4.45. The minimum Gasteiger partial charge on any atom is -0.0622 e. The Kier molecular flexibility index (Phi) is 2.93. The molecule has 84 valence electrons. The monoisotopic (exact) mass is 228 g/mol. The fraction of sp³-hybridized carbons (Fsp3) is 0. The van der Waals surface area contributed by atoms with Crippen molar-refractivity contribution in [2.24, 2.45) is 0 Å². The number of rotatable bonds is 2. The maximum atomic E-state index is 3.42. The Balaban J connectivity index is 2.05. The van der Waals surface area contributed by atoms with E-state index in [0.29, 0.717) is 0 Å². The van der Waals surface area contributed by atoms with Gasteiger partial charge in [-0.15, -0.1) is 0 Å². The predicted molar refractivity (Wildman–Crippen MR) is 75.0 cm³/mol. The Morgan fingerprint density at radius 2 is 1.22 bits per heavy atom. The van der Waals surface area contributed by atoms with E-state index in [1.54, 1.807) is 0 Å². The van der Waals surface area contributed by atoms with Gasteiger partial charge in [-0.25, -0.2) is 0 Å². The van der Waals surface area contributed by atoms with Crippen molar-refractivity contribution in [1.82, 2.24) is 0 Å². The van der Waals surface area contributed by atoms with Crippen LogP contribution in [0.2, 0.25) is 0 Å². The molecule has 0 saturated heterocycles. The highest BCUT2D eigenvalue weighted by molar-refractivity contribution is 5.71. The largest absolute Gasteiger partial charge is 0.0622 e. The van der Waals surface area contributed by atoms with Crippen LogP contribution in [0.3, 0.4) is 0 Å². The molecule has 0 heterocycles. The van der Waals surface area contributed by atoms with Gasteiger partial charge in [0, 0.05) is 0 Å². The topological polar surface area (TPSA) is 0 Å². The fourth-order valence-electron chi connectivity index (χ4n) is 1.97. The highest BCUT2D eigenvalue weighted by Crippen LogP contribution is 2.24. The first-order chi connectivity index (χ1) is 8.93. The lowest BCUT2D eigenvalue weighted by Crippen LogP contribution is -1.81. The fourth-order valence-corrected chi connectivity index (χ4v) is 1.97. The molecule has 0 bridgehead atoms. The molecule has 3 rings (SSSR count). The van der Waals surface area contributed by atoms with Crippen LogP contribution in [0.4, 0.5) is 0 Å². The molecule has 0 N–H and O–H groups in total. The van der Waals surface area contributed by atoms with Gasteiger partial charge >= 0.3 is 0 Å². The molecule has 0 atom stereocenters. The minimum absolute atomic E-state index is 1.01. The molecule has 18 heavy (non-hydrogen) atoms. The minimum atomic E-state index is 1.01. The molecule has 3 aromatic carbocycles. The van der Waals surface area contributed by atoms with Crippen LogP contribution in [0, 0.1) is 12.1 Å². The third-order valence-electron chi connectivity index (χ3n) is 2.88. The standard InChI is InChI=1S/C18H12/c1-3-8-15(9-4-1)17-12-7-13-18(14-17)16-10-5-2-6-11-16/h1-12H. The molecular formula is C18H12. The van der Waals surface area contributed by atoms with Crippen molar-refractivity contribution < 1.29 is 0 Å². The smallest absolute Gasteiger partial charge is 0.000786 e. The van der Waals surface area contributed by atoms with Crippen molar-refractivity contribution in [3.05, 3.63) is 84.9 Å². The number of benzene rings is 3. The summed E-state index contributed by atoms with van der Waals surface area (Å²) in [5.74, 6) is 0. The van der Waals surface area contributed by atoms with Crippen LogP contribution in [0.1, 0.15) is 0 Å². The van der Waals surface area contributed by atoms with Gasteiger partial charge in [0.25, 0.3) is 0 Å². The maximum Gasteiger partial charge on any atom is -0.000786 e. The summed E-state index contributed by atoms with van der Waals surface area (Å²) in [6.45, 7) is 0. The van der Waals surface area contributed by atoms with E-state index in [0.717, 1.165) is 16.7 Å². The normalized spacial score (nSPS) is 10.2. The third-order valence-corrected chi connectivity index (χ3v) is 2.88. The first-order valence-electron chi connectivity index (χ1n) is 5.98. The van der Waals surface area contributed by atoms with Crippen LogP contribution in [0.25, 0.3) is 22.3 Å². The Morgan fingerprint density at radius 3 is 1.89 bits per heavy atom. The first-order valence-corrected chi connectivity index (χ1v) is 5.98. The Labute approximate surface area is 108 Å². The Bertz CT molecular complexity index is 570. The Morgan fingerprint density at radius 1 is 0.611 bits per heavy atom. The third kappa shape index (κ3) is 2.18. The summed E-state index contributed by atoms with van der Waals surface area (Å²) in [5, 5.41) is 0. The lowest BCUT2D eigenvalue weighted by Gasteiger charge is -2.04. The molecule has 0 nitrogen and oxygen atoms in total. The second-order valence-electron chi connectivity index (χ2n) is 4.12. The summed E-state index contributed by atoms with van der Waals surface area (Å²) < 4.78 is 0. The summed E-state index contributed by atoms with van der Waals surface area (Å²) >= 11 is 0. The van der Waals surface area contributed by atoms with Gasteiger partial charge in [0.2, 0.25) is 0 Å². The molecule has 0 unspecified atom stereocenters. The van der Waals surface area contributed by atoms with Crippen LogP contribution in [0.5, 0.6) is 0 Å². The number of hydrogen-bond donors (Lipinski definition) is 0. The van der Waals surface area contributed by atoms with Crippen LogP contribution < -0.4 is 0 Å². The summed E-state index contributed by atoms with van der Waals surface area (Å²) in [7, 11) is 0. The van der Waals surface area contributed by atoms with Gasteiger partial charge in [-0.05, 0) is 34.4 Å². The van der Waals surface area contributed by atoms with Gasteiger partial charge in [0.1, 0.15) is 0 Å². The van der Waals surface area contributed by atoms with E-state index < -0.39 is 0 Å². The van der Waals surface area contributed by atoms with E-state index >= 15 is 0 Å². The van der Waals surface area contributed by atoms with Crippen LogP contribution in [-0.2, 0) is 0 Å². The summed E-state index contributed by atoms with van der Waals surface area (Å²) in [6, 6.07) is 31.2. The zero-order valence-corrected chi connectivity index (χ0v) is 9.93. The maximum absolute atomic E-state index is 3.42. The zero-order chi connectivity index (χ0) is 12.2. The van der Waals surface area contributed by atoms with Gasteiger partial charge in [-0.1, -0.05) is 72.8 Å². The van der Waals surface area contributed by atoms with Crippen LogP contribution in [0.15, 0.2) is 72.8 Å². The van der Waals surface area contributed by atoms with E-state index in [1.165, 1.54) is 5.56 Å². The van der Waals surface area contributed by atoms with Crippen molar-refractivity contribution in [1.29, 1.82) is 0 Å². The van der Waals surface area contributed by atoms with Gasteiger partial charge in [-0.2, -0.15) is 0 Å². The molecular weight excluding hydrogens is 216 g/mol. The van der Waals surface area contributed by atoms with E-state index in [1.807, 2.05) is 48.5 Å². The van der Waals surface area contributed by atoms with Crippen molar-refractivity contribution >= 4 is 0 Å². The molecule has 0 aliphatic rings. The Hall–Kier alpha value is -2.34. The van der Waals surface area contributed by atoms with Crippen LogP contribution >= 0.6 is 0 Å². The molecule has 0 spiro atoms. The van der Waals surface area contributed by atoms with Crippen molar-refractivity contribution in [3.63, 3.8) is 0 Å². The molecule has 3 aromatic rings. The highest BCUT2D eigenvalue weighted by atomic mass is 14.0. The SMILES string of the molecule is [c]1ccc(-c2ccccc2)[c]c1-c1ccccc1. The van der Waals surface area contributed by atoms with Gasteiger partial charge in [-0.3, -0.25) is 0 Å². The highest BCUT2D eigenvalue weighted by Gasteiger charge is 2.01. The molecule has 0 saturated carbocycles. The van der Waals surface area contributed by atoms with E-state index in [2.05, 4.69) is 36.4 Å². The number of hydrogen-bond acceptors (Lipinski definition) is 0. The van der Waals surface area contributed by atoms with E-state index in [-0.39, 0.29) is 0 Å². The molecule has 0 aliphatic carbocycles. The molecule has 0 amide bonds. The predicted octanol–water partition coefficient (Wildman–Crippen LogP) is 4.62. The molecule has 0 aliphatic heterocycles. The van der Waals surface area contributed by atoms with E-state index in [4.69, 9.17) is 0 Å². The molecule has 0 heteroatoms. The molecule has 0 fully saturated rings. The second kappa shape index (κ2) is 4.89. The van der Waals surface area contributed by atoms with E-state index in [9.17, 15) is 0 Å². The van der Waals surface area contributed by atoms with Crippen molar-refractivity contribution in [2.75, 3.05) is 0 Å². The molecule has 2 radical (unpaired) electrons. The zero-order valence-electron chi connectivity index (χ0n) is 9.93. The lowest BCUT2D eigenvalue weighted by atomic mass is 9.99. The molecule has 0 aromatic heterocycles. The van der Waals surface area contributed by atoms with Crippen molar-refractivity contribution in [2.45, 2.75) is 0 Å². The van der Waals surface area contributed by atoms with Gasteiger partial charge in [0.15, 0.2) is 0 Å². The average molecular weight is 228 g/mol. The first kappa shape index (κ1) is 10.8. The summed E-state index contributed by atoms with van der Waals surface area (Å²) in [4.78, 5) is 0. The lowest BCUT2D eigenvalue weighted by molar-refractivity contribution is 1.57. The second-order valence-corrected chi connectivity index (χ2v) is 4.12. The summed E-state index contributed by atoms with van der Waals surface area (Å²) in [6.07, 6.45) is 0. The van der Waals surface area contributed by atoms with Gasteiger partial charge in [0.05, 0.1) is 0 Å². The van der Waals surface area contributed by atoms with Gasteiger partial charge < -0.3 is 0 Å². The van der Waals surface area contributed by atoms with Crippen LogP contribution in [-0.4, -0.2) is 0 Å².